The third kappa shape index (κ3) is 4.96. The second-order valence-corrected chi connectivity index (χ2v) is 8.82. The van der Waals surface area contributed by atoms with Crippen molar-refractivity contribution in [2.24, 2.45) is 0 Å². The molecule has 1 amide bonds. The van der Waals surface area contributed by atoms with Gasteiger partial charge in [0.15, 0.2) is 0 Å². The van der Waals surface area contributed by atoms with Crippen molar-refractivity contribution in [1.29, 1.82) is 0 Å². The SMILES string of the molecule is C[C@@H](c1ccc(-c2cncc(F)c2)cc1)N1CC[C@](CCCO)(c2ccc(F)cc2)CC1=O. The molecule has 2 aromatic carbocycles. The van der Waals surface area contributed by atoms with Gasteiger partial charge in [0.1, 0.15) is 11.6 Å². The highest BCUT2D eigenvalue weighted by molar-refractivity contribution is 5.79. The molecule has 33 heavy (non-hydrogen) atoms. The zero-order chi connectivity index (χ0) is 23.4. The number of halogens is 2. The average Bonchev–Trinajstić information content (AvgIpc) is 2.83. The first-order chi connectivity index (χ1) is 15.9. The van der Waals surface area contributed by atoms with E-state index in [-0.39, 0.29) is 30.2 Å². The molecule has 1 aromatic heterocycles. The summed E-state index contributed by atoms with van der Waals surface area (Å²) >= 11 is 0. The van der Waals surface area contributed by atoms with E-state index in [9.17, 15) is 18.7 Å². The largest absolute Gasteiger partial charge is 0.396 e. The molecule has 0 aliphatic carbocycles. The molecule has 172 valence electrons. The van der Waals surface area contributed by atoms with Crippen molar-refractivity contribution in [2.75, 3.05) is 13.2 Å². The Bertz CT molecular complexity index is 1100. The summed E-state index contributed by atoms with van der Waals surface area (Å²) in [6.07, 6.45) is 5.15. The van der Waals surface area contributed by atoms with E-state index in [0.717, 1.165) is 23.1 Å². The van der Waals surface area contributed by atoms with Gasteiger partial charge in [-0.25, -0.2) is 8.78 Å². The number of aromatic nitrogens is 1. The highest BCUT2D eigenvalue weighted by Gasteiger charge is 2.41. The first-order valence-corrected chi connectivity index (χ1v) is 11.3. The van der Waals surface area contributed by atoms with E-state index in [2.05, 4.69) is 4.98 Å². The topological polar surface area (TPSA) is 53.4 Å². The second-order valence-electron chi connectivity index (χ2n) is 8.82. The van der Waals surface area contributed by atoms with E-state index in [1.165, 1.54) is 24.4 Å². The van der Waals surface area contributed by atoms with Crippen LogP contribution in [0.2, 0.25) is 0 Å². The Balaban J connectivity index is 1.51. The number of carbonyl (C=O) groups excluding carboxylic acids is 1. The van der Waals surface area contributed by atoms with Crippen molar-refractivity contribution in [3.8, 4) is 11.1 Å². The Labute approximate surface area is 192 Å². The molecule has 6 heteroatoms. The summed E-state index contributed by atoms with van der Waals surface area (Å²) in [7, 11) is 0. The molecule has 0 spiro atoms. The van der Waals surface area contributed by atoms with E-state index < -0.39 is 5.41 Å². The highest BCUT2D eigenvalue weighted by Crippen LogP contribution is 2.42. The van der Waals surface area contributed by atoms with Gasteiger partial charge >= 0.3 is 0 Å². The fourth-order valence-electron chi connectivity index (χ4n) is 4.88. The van der Waals surface area contributed by atoms with E-state index in [1.54, 1.807) is 18.3 Å². The molecule has 2 heterocycles. The average molecular weight is 451 g/mol. The monoisotopic (exact) mass is 450 g/mol. The molecule has 1 aliphatic rings. The van der Waals surface area contributed by atoms with Gasteiger partial charge in [0.05, 0.1) is 12.2 Å². The number of aliphatic hydroxyl groups is 1. The maximum Gasteiger partial charge on any atom is 0.223 e. The highest BCUT2D eigenvalue weighted by atomic mass is 19.1. The number of likely N-dealkylation sites (tertiary alicyclic amines) is 1. The van der Waals surface area contributed by atoms with Gasteiger partial charge in [-0.2, -0.15) is 0 Å². The lowest BCUT2D eigenvalue weighted by molar-refractivity contribution is -0.138. The fourth-order valence-corrected chi connectivity index (χ4v) is 4.88. The predicted molar refractivity (Wildman–Crippen MR) is 123 cm³/mol. The van der Waals surface area contributed by atoms with Gasteiger partial charge < -0.3 is 10.0 Å². The number of aliphatic hydroxyl groups excluding tert-OH is 1. The second kappa shape index (κ2) is 9.79. The summed E-state index contributed by atoms with van der Waals surface area (Å²) in [5, 5.41) is 9.40. The Morgan fingerprint density at radius 1 is 1.03 bits per heavy atom. The number of hydrogen-bond donors (Lipinski definition) is 1. The van der Waals surface area contributed by atoms with Gasteiger partial charge in [-0.1, -0.05) is 36.4 Å². The number of hydrogen-bond acceptors (Lipinski definition) is 3. The molecule has 2 atom stereocenters. The minimum atomic E-state index is -0.391. The lowest BCUT2D eigenvalue weighted by Crippen LogP contribution is -2.47. The number of piperidine rings is 1. The van der Waals surface area contributed by atoms with Crippen LogP contribution in [0.3, 0.4) is 0 Å². The minimum Gasteiger partial charge on any atom is -0.396 e. The summed E-state index contributed by atoms with van der Waals surface area (Å²) in [5.41, 5.74) is 3.13. The molecule has 0 unspecified atom stereocenters. The summed E-state index contributed by atoms with van der Waals surface area (Å²) in [6, 6.07) is 15.5. The van der Waals surface area contributed by atoms with Crippen LogP contribution in [0.15, 0.2) is 67.0 Å². The summed E-state index contributed by atoms with van der Waals surface area (Å²) in [4.78, 5) is 19.1. The van der Waals surface area contributed by atoms with Crippen LogP contribution in [-0.4, -0.2) is 34.0 Å². The zero-order valence-corrected chi connectivity index (χ0v) is 18.7. The molecule has 1 saturated heterocycles. The summed E-state index contributed by atoms with van der Waals surface area (Å²) in [6.45, 7) is 2.65. The van der Waals surface area contributed by atoms with Crippen LogP contribution in [-0.2, 0) is 10.2 Å². The molecule has 0 bridgehead atoms. The lowest BCUT2D eigenvalue weighted by atomic mass is 9.69. The maximum atomic E-state index is 13.5. The molecule has 4 nitrogen and oxygen atoms in total. The van der Waals surface area contributed by atoms with Gasteiger partial charge in [0.25, 0.3) is 0 Å². The molecule has 1 fully saturated rings. The van der Waals surface area contributed by atoms with Gasteiger partial charge in [-0.3, -0.25) is 9.78 Å². The normalized spacial score (nSPS) is 19.5. The summed E-state index contributed by atoms with van der Waals surface area (Å²) in [5.74, 6) is -0.630. The molecule has 4 rings (SSSR count). The van der Waals surface area contributed by atoms with Crippen molar-refractivity contribution in [1.82, 2.24) is 9.88 Å². The Morgan fingerprint density at radius 2 is 1.76 bits per heavy atom. The number of rotatable bonds is 7. The van der Waals surface area contributed by atoms with Crippen LogP contribution in [0.4, 0.5) is 8.78 Å². The number of nitrogens with zero attached hydrogens (tertiary/aromatic N) is 2. The minimum absolute atomic E-state index is 0.0504. The molecular formula is C27H28F2N2O2. The van der Waals surface area contributed by atoms with E-state index in [4.69, 9.17) is 0 Å². The Hall–Kier alpha value is -3.12. The maximum absolute atomic E-state index is 13.5. The van der Waals surface area contributed by atoms with E-state index in [1.807, 2.05) is 36.1 Å². The van der Waals surface area contributed by atoms with E-state index in [0.29, 0.717) is 31.4 Å². The molecule has 0 saturated carbocycles. The van der Waals surface area contributed by atoms with Gasteiger partial charge in [-0.05, 0) is 61.1 Å². The van der Waals surface area contributed by atoms with Gasteiger partial charge in [0.2, 0.25) is 5.91 Å². The quantitative estimate of drug-likeness (QED) is 0.523. The van der Waals surface area contributed by atoms with Crippen LogP contribution in [0.5, 0.6) is 0 Å². The standard InChI is InChI=1S/C27H28F2N2O2/c1-19(20-3-5-21(6-4-20)22-15-25(29)18-30-17-22)31-13-12-27(11-2-14-32,16-26(31)33)23-7-9-24(28)10-8-23/h3-10,15,17-19,32H,2,11-14,16H2,1H3/t19-,27-/m0/s1. The Kier molecular flexibility index (Phi) is 6.84. The molecule has 3 aromatic rings. The third-order valence-electron chi connectivity index (χ3n) is 6.81. The van der Waals surface area contributed by atoms with Crippen LogP contribution in [0.25, 0.3) is 11.1 Å². The molecule has 1 aliphatic heterocycles. The zero-order valence-electron chi connectivity index (χ0n) is 18.7. The van der Waals surface area contributed by atoms with Crippen LogP contribution < -0.4 is 0 Å². The van der Waals surface area contributed by atoms with Crippen molar-refractivity contribution >= 4 is 5.91 Å². The molecular weight excluding hydrogens is 422 g/mol. The molecule has 1 N–H and O–H groups in total. The number of benzene rings is 2. The van der Waals surface area contributed by atoms with E-state index >= 15 is 0 Å². The lowest BCUT2D eigenvalue weighted by Gasteiger charge is -2.44. The van der Waals surface area contributed by atoms with Crippen LogP contribution >= 0.6 is 0 Å². The van der Waals surface area contributed by atoms with Crippen molar-refractivity contribution < 1.29 is 18.7 Å². The summed E-state index contributed by atoms with van der Waals surface area (Å²) < 4.78 is 27.0. The fraction of sp³-hybridized carbons (Fsp3) is 0.333. The molecule has 0 radical (unpaired) electrons. The first kappa shape index (κ1) is 23.1. The number of amides is 1. The Morgan fingerprint density at radius 3 is 2.39 bits per heavy atom. The third-order valence-corrected chi connectivity index (χ3v) is 6.81. The number of pyridine rings is 1. The van der Waals surface area contributed by atoms with Crippen molar-refractivity contribution in [3.05, 3.63) is 89.8 Å². The van der Waals surface area contributed by atoms with Gasteiger partial charge in [-0.15, -0.1) is 0 Å². The first-order valence-electron chi connectivity index (χ1n) is 11.3. The van der Waals surface area contributed by atoms with Crippen molar-refractivity contribution in [2.45, 2.75) is 44.1 Å². The smallest absolute Gasteiger partial charge is 0.223 e. The van der Waals surface area contributed by atoms with Crippen molar-refractivity contribution in [3.63, 3.8) is 0 Å². The number of carbonyl (C=O) groups is 1. The van der Waals surface area contributed by atoms with Gasteiger partial charge in [0, 0.05) is 36.7 Å². The van der Waals surface area contributed by atoms with Crippen LogP contribution in [0, 0.1) is 11.6 Å². The predicted octanol–water partition coefficient (Wildman–Crippen LogP) is 5.42. The van der Waals surface area contributed by atoms with Crippen LogP contribution in [0.1, 0.15) is 49.8 Å².